The van der Waals surface area contributed by atoms with Crippen LogP contribution in [0.15, 0.2) is 72.9 Å². The minimum absolute atomic E-state index is 0. The molecule has 1 heterocycles. The Labute approximate surface area is 279 Å². The zero-order valence-corrected chi connectivity index (χ0v) is 28.4. The molecule has 0 aliphatic heterocycles. The molecule has 15 heteroatoms. The quantitative estimate of drug-likeness (QED) is 0.216. The smallest absolute Gasteiger partial charge is 0.780 e. The molecule has 0 spiro atoms. The summed E-state index contributed by atoms with van der Waals surface area (Å²) in [5.41, 5.74) is 2.07. The summed E-state index contributed by atoms with van der Waals surface area (Å²) in [6.07, 6.45) is 1.60. The van der Waals surface area contributed by atoms with Crippen LogP contribution in [0, 0.1) is 0 Å². The molecule has 0 saturated carbocycles. The largest absolute Gasteiger partial charge is 1.00 e. The van der Waals surface area contributed by atoms with Gasteiger partial charge in [-0.2, -0.15) is 0 Å². The topological polar surface area (TPSA) is 158 Å². The van der Waals surface area contributed by atoms with Gasteiger partial charge in [-0.15, -0.1) is 0 Å². The summed E-state index contributed by atoms with van der Waals surface area (Å²) >= 11 is 0. The van der Waals surface area contributed by atoms with Gasteiger partial charge in [0.25, 0.3) is 0 Å². The average molecular weight is 525 g/mol. The van der Waals surface area contributed by atoms with Crippen LogP contribution in [0.2, 0.25) is 0 Å². The van der Waals surface area contributed by atoms with Crippen molar-refractivity contribution >= 4 is 15.6 Å². The number of hydrogen-bond acceptors (Lipinski definition) is 9. The van der Waals surface area contributed by atoms with E-state index in [9.17, 15) is 28.7 Å². The van der Waals surface area contributed by atoms with E-state index >= 15 is 0 Å². The third-order valence-electron chi connectivity index (χ3n) is 3.84. The fourth-order valence-corrected chi connectivity index (χ4v) is 3.54. The van der Waals surface area contributed by atoms with E-state index in [0.717, 1.165) is 0 Å². The number of benzene rings is 2. The van der Waals surface area contributed by atoms with E-state index in [1.165, 1.54) is 24.3 Å². The van der Waals surface area contributed by atoms with E-state index < -0.39 is 21.6 Å². The van der Waals surface area contributed by atoms with Gasteiger partial charge in [0.1, 0.15) is 27.1 Å². The Kier molecular flexibility index (Phi) is 18.2. The number of aromatic nitrogens is 1. The molecular weight excluding hydrogens is 512 g/mol. The maximum absolute atomic E-state index is 10.8. The van der Waals surface area contributed by atoms with Crippen LogP contribution in [0.5, 0.6) is 11.5 Å². The fourth-order valence-electron chi connectivity index (χ4n) is 2.78. The first kappa shape index (κ1) is 36.6. The minimum Gasteiger partial charge on any atom is -0.780 e. The molecule has 9 nitrogen and oxygen atoms in total. The molecule has 0 radical (unpaired) electrons. The van der Waals surface area contributed by atoms with Crippen molar-refractivity contribution in [2.75, 3.05) is 0 Å². The van der Waals surface area contributed by atoms with Gasteiger partial charge in [0.2, 0.25) is 0 Å². The molecule has 0 aliphatic carbocycles. The van der Waals surface area contributed by atoms with E-state index in [4.69, 9.17) is 0 Å². The Morgan fingerprint density at radius 2 is 1.03 bits per heavy atom. The van der Waals surface area contributed by atoms with Crippen LogP contribution in [-0.4, -0.2) is 4.98 Å². The van der Waals surface area contributed by atoms with Gasteiger partial charge >= 0.3 is 118 Å². The molecule has 152 valence electrons. The molecule has 0 fully saturated rings. The van der Waals surface area contributed by atoms with Crippen molar-refractivity contribution in [2.24, 2.45) is 0 Å². The van der Waals surface area contributed by atoms with Crippen LogP contribution in [0.25, 0.3) is 0 Å². The Balaban J connectivity index is 0. The number of phosphoric ester groups is 2. The van der Waals surface area contributed by atoms with Gasteiger partial charge < -0.3 is 37.8 Å². The molecule has 1 aromatic heterocycles. The van der Waals surface area contributed by atoms with Crippen molar-refractivity contribution in [3.63, 3.8) is 0 Å². The van der Waals surface area contributed by atoms with E-state index in [0.29, 0.717) is 16.8 Å². The molecule has 2 aromatic carbocycles. The van der Waals surface area contributed by atoms with Gasteiger partial charge in [-0.1, -0.05) is 30.3 Å². The van der Waals surface area contributed by atoms with Crippen molar-refractivity contribution in [1.82, 2.24) is 4.98 Å². The predicted octanol–water partition coefficient (Wildman–Crippen LogP) is -11.3. The van der Waals surface area contributed by atoms with Crippen molar-refractivity contribution < 1.29 is 156 Å². The molecule has 0 aliphatic rings. The zero-order chi connectivity index (χ0) is 21.1. The second-order valence-electron chi connectivity index (χ2n) is 5.90. The Morgan fingerprint density at radius 1 is 0.636 bits per heavy atom. The Bertz CT molecular complexity index is 996. The maximum atomic E-state index is 10.8. The number of pyridine rings is 1. The van der Waals surface area contributed by atoms with Crippen LogP contribution < -0.4 is 147 Å². The van der Waals surface area contributed by atoms with Gasteiger partial charge in [0.15, 0.2) is 0 Å². The molecule has 3 aromatic rings. The third kappa shape index (κ3) is 12.5. The van der Waals surface area contributed by atoms with Crippen molar-refractivity contribution in [3.05, 3.63) is 89.7 Å². The normalized spacial score (nSPS) is 10.6. The zero-order valence-electron chi connectivity index (χ0n) is 18.6. The fraction of sp³-hybridized carbons (Fsp3) is 0.0556. The Morgan fingerprint density at radius 3 is 1.33 bits per heavy atom. The maximum Gasteiger partial charge on any atom is 1.00 e. The molecule has 0 amide bonds. The van der Waals surface area contributed by atoms with Crippen LogP contribution in [0.4, 0.5) is 0 Å². The number of hydrogen-bond donors (Lipinski definition) is 0. The number of rotatable bonds is 7. The van der Waals surface area contributed by atoms with Gasteiger partial charge in [-0.3, -0.25) is 4.98 Å². The van der Waals surface area contributed by atoms with Gasteiger partial charge in [-0.05, 0) is 47.5 Å². The molecule has 3 rings (SSSR count). The van der Waals surface area contributed by atoms with Crippen molar-refractivity contribution in [3.8, 4) is 11.5 Å². The second-order valence-corrected chi connectivity index (χ2v) is 8.06. The first-order chi connectivity index (χ1) is 13.6. The molecule has 33 heavy (non-hydrogen) atoms. The third-order valence-corrected chi connectivity index (χ3v) is 4.71. The molecular formula is C18H13NNa4O8P2. The van der Waals surface area contributed by atoms with E-state index in [1.54, 1.807) is 48.7 Å². The summed E-state index contributed by atoms with van der Waals surface area (Å²) < 4.78 is 30.2. The Hall–Kier alpha value is 1.49. The first-order valence-electron chi connectivity index (χ1n) is 8.15. The summed E-state index contributed by atoms with van der Waals surface area (Å²) in [4.78, 5) is 47.4. The van der Waals surface area contributed by atoms with E-state index in [1.807, 2.05) is 0 Å². The minimum atomic E-state index is -5.17. The summed E-state index contributed by atoms with van der Waals surface area (Å²) in [6.45, 7) is 0. The van der Waals surface area contributed by atoms with Crippen LogP contribution in [-0.2, 0) is 9.13 Å². The number of phosphoric acid groups is 2. The van der Waals surface area contributed by atoms with Gasteiger partial charge in [0.05, 0.1) is 11.6 Å². The van der Waals surface area contributed by atoms with E-state index in [2.05, 4.69) is 14.0 Å². The SMILES string of the molecule is O=P([O-])([O-])Oc1ccc(C(c2ccc(OP(=O)([O-])[O-])cc2)c2ccccn2)cc1.[Na+].[Na+].[Na+].[Na+]. The predicted molar refractivity (Wildman–Crippen MR) is 94.5 cm³/mol. The molecule has 0 atom stereocenters. The van der Waals surface area contributed by atoms with Crippen LogP contribution in [0.3, 0.4) is 0 Å². The summed E-state index contributed by atoms with van der Waals surface area (Å²) in [5, 5.41) is 0. The monoisotopic (exact) mass is 525 g/mol. The standard InChI is InChI=1S/C18H17NO8P2.4Na/c20-28(21,22)26-15-8-4-13(5-9-15)18(17-3-1-2-12-19-17)14-6-10-16(11-7-14)27-29(23,24)25;;;;/h1-12,18H,(H2,20,21,22)(H2,23,24,25);;;;/q;4*+1/p-4. The summed E-state index contributed by atoms with van der Waals surface area (Å²) in [6, 6.07) is 17.0. The van der Waals surface area contributed by atoms with Crippen LogP contribution in [0.1, 0.15) is 22.7 Å². The summed E-state index contributed by atoms with van der Waals surface area (Å²) in [7, 11) is -10.3. The average Bonchev–Trinajstić information content (AvgIpc) is 2.63. The molecule has 0 unspecified atom stereocenters. The van der Waals surface area contributed by atoms with Gasteiger partial charge in [-0.25, -0.2) is 0 Å². The summed E-state index contributed by atoms with van der Waals surface area (Å²) in [5.74, 6) is -0.642. The van der Waals surface area contributed by atoms with Gasteiger partial charge in [0, 0.05) is 6.20 Å². The molecule has 0 N–H and O–H groups in total. The molecule has 0 bridgehead atoms. The van der Waals surface area contributed by atoms with Crippen molar-refractivity contribution in [2.45, 2.75) is 5.92 Å². The second kappa shape index (κ2) is 16.4. The van der Waals surface area contributed by atoms with Crippen molar-refractivity contribution in [1.29, 1.82) is 0 Å². The first-order valence-corrected chi connectivity index (χ1v) is 11.1. The number of nitrogens with zero attached hydrogens (tertiary/aromatic N) is 1. The van der Waals surface area contributed by atoms with E-state index in [-0.39, 0.29) is 130 Å². The molecule has 0 saturated heterocycles. The van der Waals surface area contributed by atoms with Crippen LogP contribution >= 0.6 is 15.6 Å².